The van der Waals surface area contributed by atoms with E-state index in [0.717, 1.165) is 44.3 Å². The van der Waals surface area contributed by atoms with E-state index >= 15 is 0 Å². The molecule has 0 aliphatic carbocycles. The Balaban J connectivity index is 1.34. The second kappa shape index (κ2) is 14.8. The van der Waals surface area contributed by atoms with Crippen LogP contribution in [0.4, 0.5) is 43.4 Å². The molecule has 0 saturated carbocycles. The van der Waals surface area contributed by atoms with Gasteiger partial charge in [-0.1, -0.05) is 103 Å². The van der Waals surface area contributed by atoms with Gasteiger partial charge in [0, 0.05) is 21.5 Å². The van der Waals surface area contributed by atoms with Crippen LogP contribution >= 0.6 is 0 Å². The summed E-state index contributed by atoms with van der Waals surface area (Å²) in [4.78, 5) is 11.2. The van der Waals surface area contributed by atoms with E-state index < -0.39 is 29.0 Å². The van der Waals surface area contributed by atoms with Gasteiger partial charge >= 0.3 is 12.4 Å². The minimum atomic E-state index is -5.21. The van der Waals surface area contributed by atoms with Crippen LogP contribution in [-0.4, -0.2) is 9.13 Å². The summed E-state index contributed by atoms with van der Waals surface area (Å²) in [6.07, 6.45) is -10.3. The molecule has 0 aliphatic heterocycles. The molecule has 0 unspecified atom stereocenters. The first-order valence-corrected chi connectivity index (χ1v) is 19.7. The maximum absolute atomic E-state index is 14.9. The van der Waals surface area contributed by atoms with Crippen molar-refractivity contribution in [1.82, 2.24) is 9.13 Å². The van der Waals surface area contributed by atoms with E-state index in [4.69, 9.17) is 19.7 Å². The number of hydrogen-bond donors (Lipinski definition) is 0. The number of halogens is 6. The molecule has 0 N–H and O–H groups in total. The zero-order chi connectivity index (χ0) is 44.5. The van der Waals surface area contributed by atoms with Gasteiger partial charge in [-0.05, 0) is 94.0 Å². The van der Waals surface area contributed by atoms with Gasteiger partial charge in [-0.3, -0.25) is 0 Å². The first-order chi connectivity index (χ1) is 30.9. The molecule has 0 saturated heterocycles. The van der Waals surface area contributed by atoms with Gasteiger partial charge in [-0.2, -0.15) is 26.3 Å². The Bertz CT molecular complexity index is 3700. The molecule has 0 spiro atoms. The summed E-state index contributed by atoms with van der Waals surface area (Å²) >= 11 is 0. The van der Waals surface area contributed by atoms with E-state index in [-0.39, 0.29) is 17.3 Å². The molecule has 10 aromatic rings. The van der Waals surface area contributed by atoms with Crippen LogP contribution in [0.15, 0.2) is 164 Å². The molecule has 0 atom stereocenters. The highest BCUT2D eigenvalue weighted by Crippen LogP contribution is 2.48. The fourth-order valence-corrected chi connectivity index (χ4v) is 8.85. The van der Waals surface area contributed by atoms with Crippen molar-refractivity contribution in [2.75, 3.05) is 0 Å². The van der Waals surface area contributed by atoms with Crippen LogP contribution in [0, 0.1) is 19.7 Å². The molecule has 2 aromatic heterocycles. The van der Waals surface area contributed by atoms with Gasteiger partial charge in [0.1, 0.15) is 0 Å². The molecule has 8 aromatic carbocycles. The average Bonchev–Trinajstić information content (AvgIpc) is 3.82. The third-order valence-electron chi connectivity index (χ3n) is 11.7. The Labute approximate surface area is 361 Å². The van der Waals surface area contributed by atoms with E-state index in [2.05, 4.69) is 14.5 Å². The van der Waals surface area contributed by atoms with Crippen molar-refractivity contribution >= 4 is 60.7 Å². The molecule has 0 fully saturated rings. The molecule has 0 bridgehead atoms. The number of hydrogen-bond acceptors (Lipinski definition) is 0. The Morgan fingerprint density at radius 2 is 0.812 bits per heavy atom. The van der Waals surface area contributed by atoms with E-state index in [0.29, 0.717) is 56.4 Å². The van der Waals surface area contributed by atoms with Gasteiger partial charge in [-0.25, -0.2) is 14.5 Å². The van der Waals surface area contributed by atoms with Gasteiger partial charge < -0.3 is 9.13 Å². The summed E-state index contributed by atoms with van der Waals surface area (Å²) in [6.45, 7) is 24.0. The predicted molar refractivity (Wildman–Crippen MR) is 240 cm³/mol. The standard InChI is InChI=1S/C53H27F6N5/c1-60-43-16-8-4-12-34(43)31-20-24-48-40(26-31)37-14-6-10-18-46(37)63(48)50-29-39(36-23-22-33(52(54,55)56)28-42(36)53(57,58)59)45(62-3)30-51(50)64-47-19-11-7-15-38(47)41-27-32(21-25-49(41)64)35-13-5-9-17-44(35)61-2/h4-30H. The molecule has 306 valence electrons. The Kier molecular flexibility index (Phi) is 9.14. The second-order valence-electron chi connectivity index (χ2n) is 15.2. The van der Waals surface area contributed by atoms with Gasteiger partial charge in [0.15, 0.2) is 17.1 Å². The van der Waals surface area contributed by atoms with Crippen molar-refractivity contribution in [1.29, 1.82) is 0 Å². The lowest BCUT2D eigenvalue weighted by molar-refractivity contribution is -0.142. The molecular formula is C53H27F6N5. The largest absolute Gasteiger partial charge is 0.416 e. The van der Waals surface area contributed by atoms with Crippen LogP contribution in [0.25, 0.3) is 103 Å². The van der Waals surface area contributed by atoms with Gasteiger partial charge in [-0.15, -0.1) is 0 Å². The maximum atomic E-state index is 14.9. The summed E-state index contributed by atoms with van der Waals surface area (Å²) in [5, 5.41) is 3.19. The normalized spacial score (nSPS) is 11.9. The minimum absolute atomic E-state index is 0.0936. The lowest BCUT2D eigenvalue weighted by Gasteiger charge is -2.22. The second-order valence-corrected chi connectivity index (χ2v) is 15.2. The van der Waals surface area contributed by atoms with Gasteiger partial charge in [0.25, 0.3) is 0 Å². The van der Waals surface area contributed by atoms with Crippen molar-refractivity contribution in [2.45, 2.75) is 12.4 Å². The number of nitrogens with zero attached hydrogens (tertiary/aromatic N) is 5. The SMILES string of the molecule is [C-]#[N+]c1ccccc1-c1ccc2c(c1)c1ccccc1n2-c1cc([N+]#[C-])c(-c2ccc(C(F)(F)F)cc2C(F)(F)F)cc1-n1c2ccccc2c2cc(-c3ccccc3[N+]#[C-])ccc21. The van der Waals surface area contributed by atoms with Gasteiger partial charge in [0.2, 0.25) is 0 Å². The highest BCUT2D eigenvalue weighted by Gasteiger charge is 2.39. The first-order valence-electron chi connectivity index (χ1n) is 19.7. The lowest BCUT2D eigenvalue weighted by Crippen LogP contribution is -2.12. The molecule has 5 nitrogen and oxygen atoms in total. The Morgan fingerprint density at radius 3 is 1.30 bits per heavy atom. The number of para-hydroxylation sites is 4. The number of fused-ring (bicyclic) bond motifs is 6. The van der Waals surface area contributed by atoms with Crippen LogP contribution in [0.5, 0.6) is 0 Å². The smallest absolute Gasteiger partial charge is 0.308 e. The zero-order valence-electron chi connectivity index (χ0n) is 33.1. The quantitative estimate of drug-likeness (QED) is 0.122. The van der Waals surface area contributed by atoms with Crippen LogP contribution in [0.2, 0.25) is 0 Å². The molecule has 0 amide bonds. The lowest BCUT2D eigenvalue weighted by atomic mass is 9.94. The third-order valence-corrected chi connectivity index (χ3v) is 11.7. The summed E-state index contributed by atoms with van der Waals surface area (Å²) in [5.41, 5.74) is 3.42. The minimum Gasteiger partial charge on any atom is -0.308 e. The van der Waals surface area contributed by atoms with Crippen molar-refractivity contribution in [3.8, 4) is 44.8 Å². The summed E-state index contributed by atoms with van der Waals surface area (Å²) < 4.78 is 90.4. The fraction of sp³-hybridized carbons (Fsp3) is 0.0377. The van der Waals surface area contributed by atoms with Crippen LogP contribution in [0.1, 0.15) is 11.1 Å². The summed E-state index contributed by atoms with van der Waals surface area (Å²) in [7, 11) is 0. The first kappa shape index (κ1) is 39.5. The van der Waals surface area contributed by atoms with Crippen LogP contribution in [0.3, 0.4) is 0 Å². The predicted octanol–water partition coefficient (Wildman–Crippen LogP) is 16.6. The molecule has 0 aliphatic rings. The van der Waals surface area contributed by atoms with Crippen molar-refractivity contribution < 1.29 is 26.3 Å². The van der Waals surface area contributed by atoms with E-state index in [9.17, 15) is 26.3 Å². The monoisotopic (exact) mass is 847 g/mol. The molecule has 0 radical (unpaired) electrons. The fourth-order valence-electron chi connectivity index (χ4n) is 8.85. The molecule has 10 rings (SSSR count). The number of benzene rings is 8. The van der Waals surface area contributed by atoms with E-state index in [1.54, 1.807) is 24.3 Å². The molecule has 2 heterocycles. The van der Waals surface area contributed by atoms with E-state index in [1.807, 2.05) is 118 Å². The van der Waals surface area contributed by atoms with Crippen LogP contribution in [-0.2, 0) is 12.4 Å². The third kappa shape index (κ3) is 6.32. The topological polar surface area (TPSA) is 22.9 Å². The molecule has 64 heavy (non-hydrogen) atoms. The highest BCUT2D eigenvalue weighted by molar-refractivity contribution is 6.13. The maximum Gasteiger partial charge on any atom is 0.416 e. The van der Waals surface area contributed by atoms with Crippen LogP contribution < -0.4 is 0 Å². The van der Waals surface area contributed by atoms with Crippen molar-refractivity contribution in [3.63, 3.8) is 0 Å². The summed E-state index contributed by atoms with van der Waals surface area (Å²) in [6, 6.07) is 45.6. The van der Waals surface area contributed by atoms with Gasteiger partial charge in [0.05, 0.1) is 64.3 Å². The van der Waals surface area contributed by atoms with Crippen molar-refractivity contribution in [3.05, 3.63) is 209 Å². The highest BCUT2D eigenvalue weighted by atomic mass is 19.4. The zero-order valence-corrected chi connectivity index (χ0v) is 33.1. The number of rotatable bonds is 5. The molecular weight excluding hydrogens is 821 g/mol. The number of alkyl halides is 6. The molecule has 11 heteroatoms. The summed E-state index contributed by atoms with van der Waals surface area (Å²) in [5.74, 6) is 0. The average molecular weight is 848 g/mol. The Morgan fingerprint density at radius 1 is 0.359 bits per heavy atom. The van der Waals surface area contributed by atoms with Crippen molar-refractivity contribution in [2.24, 2.45) is 0 Å². The van der Waals surface area contributed by atoms with E-state index in [1.165, 1.54) is 12.1 Å². The number of aromatic nitrogens is 2. The Hall–Kier alpha value is -8.59.